The fraction of sp³-hybridized carbons (Fsp3) is 0.429. The fourth-order valence-electron chi connectivity index (χ4n) is 4.35. The number of amides is 1. The second-order valence-electron chi connectivity index (χ2n) is 7.63. The molecule has 3 atom stereocenters. The highest BCUT2D eigenvalue weighted by atomic mass is 16.2. The van der Waals surface area contributed by atoms with Crippen LogP contribution in [0, 0.1) is 12.8 Å². The summed E-state index contributed by atoms with van der Waals surface area (Å²) < 4.78 is 0. The Morgan fingerprint density at radius 1 is 1.19 bits per heavy atom. The maximum Gasteiger partial charge on any atom is 0.260 e. The zero-order valence-electron chi connectivity index (χ0n) is 15.6. The minimum Gasteiger partial charge on any atom is -0.338 e. The molecule has 6 heteroatoms. The molecule has 142 valence electrons. The van der Waals surface area contributed by atoms with Crippen LogP contribution in [0.2, 0.25) is 0 Å². The summed E-state index contributed by atoms with van der Waals surface area (Å²) in [4.78, 5) is 29.3. The van der Waals surface area contributed by atoms with E-state index in [1.165, 1.54) is 11.1 Å². The van der Waals surface area contributed by atoms with Gasteiger partial charge in [-0.25, -0.2) is 0 Å². The quantitative estimate of drug-likeness (QED) is 0.774. The number of H-pyrrole nitrogens is 1. The molecule has 3 N–H and O–H groups in total. The van der Waals surface area contributed by atoms with Gasteiger partial charge >= 0.3 is 0 Å². The molecule has 0 radical (unpaired) electrons. The third-order valence-corrected chi connectivity index (χ3v) is 5.83. The van der Waals surface area contributed by atoms with E-state index < -0.39 is 0 Å². The number of likely N-dealkylation sites (tertiary alicyclic amines) is 1. The molecule has 27 heavy (non-hydrogen) atoms. The van der Waals surface area contributed by atoms with Gasteiger partial charge in [0.2, 0.25) is 0 Å². The number of aromatic nitrogens is 1. The van der Waals surface area contributed by atoms with Crippen LogP contribution in [0.1, 0.15) is 40.2 Å². The molecule has 4 rings (SSSR count). The minimum absolute atomic E-state index is 0.167. The van der Waals surface area contributed by atoms with E-state index in [0.29, 0.717) is 24.9 Å². The molecule has 3 unspecified atom stereocenters. The lowest BCUT2D eigenvalue weighted by molar-refractivity contribution is 0.0642. The third-order valence-electron chi connectivity index (χ3n) is 5.83. The van der Waals surface area contributed by atoms with Gasteiger partial charge in [-0.2, -0.15) is 0 Å². The van der Waals surface area contributed by atoms with Crippen molar-refractivity contribution in [2.24, 2.45) is 5.92 Å². The van der Waals surface area contributed by atoms with Crippen molar-refractivity contribution in [3.63, 3.8) is 0 Å². The standard InChI is InChI=1S/C21H26N4O2/c1-14-6-8-15(9-7-14)18-12-23-24-19(18)16-4-3-11-25(13-16)21(27)17-5-2-10-22-20(17)26/h2,5-10,16,18-19,23-24H,3-4,11-13H2,1H3,(H,22,26). The van der Waals surface area contributed by atoms with Crippen molar-refractivity contribution in [1.29, 1.82) is 0 Å². The SMILES string of the molecule is Cc1ccc(C2CNNC2C2CCCN(C(=O)c3ccc[nH]c3=O)C2)cc1. The highest BCUT2D eigenvalue weighted by Crippen LogP contribution is 2.32. The number of hydrogen-bond acceptors (Lipinski definition) is 4. The van der Waals surface area contributed by atoms with E-state index >= 15 is 0 Å². The Balaban J connectivity index is 1.50. The van der Waals surface area contributed by atoms with Crippen LogP contribution in [0.5, 0.6) is 0 Å². The molecule has 6 nitrogen and oxygen atoms in total. The van der Waals surface area contributed by atoms with Crippen LogP contribution in [0.4, 0.5) is 0 Å². The number of hydrogen-bond donors (Lipinski definition) is 3. The summed E-state index contributed by atoms with van der Waals surface area (Å²) in [5.74, 6) is 0.567. The molecule has 1 aromatic heterocycles. The Morgan fingerprint density at radius 3 is 2.78 bits per heavy atom. The fourth-order valence-corrected chi connectivity index (χ4v) is 4.35. The van der Waals surface area contributed by atoms with Crippen LogP contribution in [0.25, 0.3) is 0 Å². The van der Waals surface area contributed by atoms with Gasteiger partial charge in [0.15, 0.2) is 0 Å². The summed E-state index contributed by atoms with van der Waals surface area (Å²) in [7, 11) is 0. The number of nitrogens with zero attached hydrogens (tertiary/aromatic N) is 1. The number of nitrogens with one attached hydrogen (secondary N) is 3. The number of aryl methyl sites for hydroxylation is 1. The maximum absolute atomic E-state index is 12.8. The molecule has 3 heterocycles. The highest BCUT2D eigenvalue weighted by Gasteiger charge is 2.37. The molecule has 2 aromatic rings. The van der Waals surface area contributed by atoms with Crippen LogP contribution in [-0.4, -0.2) is 41.5 Å². The monoisotopic (exact) mass is 366 g/mol. The maximum atomic E-state index is 12.8. The topological polar surface area (TPSA) is 77.2 Å². The van der Waals surface area contributed by atoms with Crippen LogP contribution in [-0.2, 0) is 0 Å². The lowest BCUT2D eigenvalue weighted by Gasteiger charge is -2.37. The van der Waals surface area contributed by atoms with Gasteiger partial charge < -0.3 is 9.88 Å². The van der Waals surface area contributed by atoms with Gasteiger partial charge in [-0.3, -0.25) is 20.4 Å². The molecule has 0 aliphatic carbocycles. The van der Waals surface area contributed by atoms with Gasteiger partial charge in [0, 0.05) is 37.8 Å². The van der Waals surface area contributed by atoms with Crippen molar-refractivity contribution in [2.75, 3.05) is 19.6 Å². The average Bonchev–Trinajstić information content (AvgIpc) is 3.18. The number of carbonyl (C=O) groups is 1. The predicted molar refractivity (Wildman–Crippen MR) is 105 cm³/mol. The Hall–Kier alpha value is -2.44. The van der Waals surface area contributed by atoms with Gasteiger partial charge in [-0.05, 0) is 43.4 Å². The van der Waals surface area contributed by atoms with Crippen molar-refractivity contribution >= 4 is 5.91 Å². The molecule has 2 aliphatic heterocycles. The van der Waals surface area contributed by atoms with Crippen molar-refractivity contribution in [3.05, 3.63) is 69.6 Å². The number of carbonyl (C=O) groups excluding carboxylic acids is 1. The van der Waals surface area contributed by atoms with E-state index in [2.05, 4.69) is 47.0 Å². The highest BCUT2D eigenvalue weighted by molar-refractivity contribution is 5.93. The number of aromatic amines is 1. The first-order valence-corrected chi connectivity index (χ1v) is 9.65. The molecule has 2 fully saturated rings. The summed E-state index contributed by atoms with van der Waals surface area (Å²) in [6.07, 6.45) is 3.59. The van der Waals surface area contributed by atoms with E-state index in [9.17, 15) is 9.59 Å². The van der Waals surface area contributed by atoms with Crippen molar-refractivity contribution in [3.8, 4) is 0 Å². The second-order valence-corrected chi connectivity index (χ2v) is 7.63. The van der Waals surface area contributed by atoms with Gasteiger partial charge in [0.1, 0.15) is 5.56 Å². The van der Waals surface area contributed by atoms with E-state index in [1.54, 1.807) is 18.3 Å². The third kappa shape index (κ3) is 3.68. The molecule has 0 bridgehead atoms. The van der Waals surface area contributed by atoms with Crippen molar-refractivity contribution in [1.82, 2.24) is 20.7 Å². The molecular weight excluding hydrogens is 340 g/mol. The van der Waals surface area contributed by atoms with Crippen molar-refractivity contribution < 1.29 is 4.79 Å². The summed E-state index contributed by atoms with van der Waals surface area (Å²) in [5, 5.41) is 0. The second kappa shape index (κ2) is 7.66. The summed E-state index contributed by atoms with van der Waals surface area (Å²) in [5.41, 5.74) is 9.25. The smallest absolute Gasteiger partial charge is 0.260 e. The van der Waals surface area contributed by atoms with Gasteiger partial charge in [-0.1, -0.05) is 29.8 Å². The first-order chi connectivity index (χ1) is 13.1. The van der Waals surface area contributed by atoms with E-state index in [1.807, 2.05) is 4.90 Å². The Morgan fingerprint density at radius 2 is 2.00 bits per heavy atom. The molecule has 2 saturated heterocycles. The van der Waals surface area contributed by atoms with Gasteiger partial charge in [0.05, 0.1) is 0 Å². The van der Waals surface area contributed by atoms with Crippen LogP contribution in [0.3, 0.4) is 0 Å². The molecule has 0 spiro atoms. The minimum atomic E-state index is -0.317. The Labute approximate surface area is 158 Å². The Bertz CT molecular complexity index is 861. The van der Waals surface area contributed by atoms with Crippen LogP contribution in [0.15, 0.2) is 47.4 Å². The lowest BCUT2D eigenvalue weighted by Crippen LogP contribution is -2.49. The first kappa shape index (κ1) is 17.9. The predicted octanol–water partition coefficient (Wildman–Crippen LogP) is 1.80. The van der Waals surface area contributed by atoms with Crippen LogP contribution >= 0.6 is 0 Å². The van der Waals surface area contributed by atoms with Crippen molar-refractivity contribution in [2.45, 2.75) is 31.7 Å². The molecular formula is C21H26N4O2. The van der Waals surface area contributed by atoms with Gasteiger partial charge in [0.25, 0.3) is 11.5 Å². The van der Waals surface area contributed by atoms with E-state index in [4.69, 9.17) is 0 Å². The number of rotatable bonds is 3. The first-order valence-electron chi connectivity index (χ1n) is 9.65. The number of benzene rings is 1. The molecule has 1 amide bonds. The van der Waals surface area contributed by atoms with E-state index in [0.717, 1.165) is 19.4 Å². The molecule has 0 saturated carbocycles. The average molecular weight is 366 g/mol. The molecule has 1 aromatic carbocycles. The summed E-state index contributed by atoms with van der Waals surface area (Å²) >= 11 is 0. The number of piperidine rings is 1. The zero-order chi connectivity index (χ0) is 18.8. The van der Waals surface area contributed by atoms with Crippen LogP contribution < -0.4 is 16.4 Å². The van der Waals surface area contributed by atoms with E-state index in [-0.39, 0.29) is 23.1 Å². The Kier molecular flexibility index (Phi) is 5.09. The summed E-state index contributed by atoms with van der Waals surface area (Å²) in [6, 6.07) is 12.3. The van der Waals surface area contributed by atoms with Gasteiger partial charge in [-0.15, -0.1) is 0 Å². The molecule has 2 aliphatic rings. The zero-order valence-corrected chi connectivity index (χ0v) is 15.6. The normalized spacial score (nSPS) is 25.5. The number of pyridine rings is 1. The summed E-state index contributed by atoms with van der Waals surface area (Å²) in [6.45, 7) is 4.37. The number of hydrazine groups is 1. The lowest BCUT2D eigenvalue weighted by atomic mass is 9.81. The largest absolute Gasteiger partial charge is 0.338 e.